The molecule has 1 aliphatic carbocycles. The van der Waals surface area contributed by atoms with Crippen LogP contribution in [0.15, 0.2) is 46.8 Å². The monoisotopic (exact) mass is 552 g/mol. The maximum atomic E-state index is 10.3. The number of aromatic nitrogens is 4. The molecule has 0 aromatic carbocycles. The Hall–Kier alpha value is -2.46. The summed E-state index contributed by atoms with van der Waals surface area (Å²) in [6.07, 6.45) is 11.8. The van der Waals surface area contributed by atoms with Gasteiger partial charge in [0.2, 0.25) is 0 Å². The highest BCUT2D eigenvalue weighted by molar-refractivity contribution is 7.99. The molecular weight excluding hydrogens is 520 g/mol. The lowest BCUT2D eigenvalue weighted by atomic mass is 9.76. The zero-order valence-corrected chi connectivity index (χ0v) is 23.3. The first-order valence-electron chi connectivity index (χ1n) is 13.2. The molecule has 0 atom stereocenters. The zero-order chi connectivity index (χ0) is 26.5. The second kappa shape index (κ2) is 9.93. The van der Waals surface area contributed by atoms with Gasteiger partial charge in [-0.1, -0.05) is 23.4 Å². The van der Waals surface area contributed by atoms with Crippen LogP contribution >= 0.6 is 23.4 Å². The van der Waals surface area contributed by atoms with E-state index in [4.69, 9.17) is 21.6 Å². The van der Waals surface area contributed by atoms with Gasteiger partial charge in [-0.3, -0.25) is 4.98 Å². The van der Waals surface area contributed by atoms with Gasteiger partial charge in [0.15, 0.2) is 5.82 Å². The predicted octanol–water partition coefficient (Wildman–Crippen LogP) is 4.16. The fourth-order valence-corrected chi connectivity index (χ4v) is 7.10. The van der Waals surface area contributed by atoms with Crippen molar-refractivity contribution in [2.24, 2.45) is 11.3 Å². The van der Waals surface area contributed by atoms with Crippen LogP contribution in [0.25, 0.3) is 0 Å². The number of nitrogens with zero attached hydrogens (tertiary/aromatic N) is 6. The third-order valence-electron chi connectivity index (χ3n) is 8.44. The smallest absolute Gasteiger partial charge is 0.152 e. The van der Waals surface area contributed by atoms with Crippen molar-refractivity contribution in [3.05, 3.63) is 58.8 Å². The van der Waals surface area contributed by atoms with E-state index in [0.717, 1.165) is 55.3 Å². The van der Waals surface area contributed by atoms with E-state index in [2.05, 4.69) is 25.8 Å². The lowest BCUT2D eigenvalue weighted by Gasteiger charge is -2.46. The summed E-state index contributed by atoms with van der Waals surface area (Å²) >= 11 is 8.17. The SMILES string of the molecule is CC(C)(O)C1CN(c2nccc(Sc3cnc(N4CCC5(CC4)Cc4ccncc4C5)c(CO)n3)c2Cl)C1. The van der Waals surface area contributed by atoms with Gasteiger partial charge in [-0.25, -0.2) is 15.0 Å². The summed E-state index contributed by atoms with van der Waals surface area (Å²) in [4.78, 5) is 23.5. The Morgan fingerprint density at radius 3 is 2.50 bits per heavy atom. The first kappa shape index (κ1) is 25.8. The van der Waals surface area contributed by atoms with Gasteiger partial charge < -0.3 is 20.0 Å². The lowest BCUT2D eigenvalue weighted by Crippen LogP contribution is -2.56. The van der Waals surface area contributed by atoms with Crippen molar-refractivity contribution < 1.29 is 10.2 Å². The minimum atomic E-state index is -0.720. The Morgan fingerprint density at radius 1 is 1.03 bits per heavy atom. The second-order valence-electron chi connectivity index (χ2n) is 11.4. The summed E-state index contributed by atoms with van der Waals surface area (Å²) in [5, 5.41) is 21.7. The predicted molar refractivity (Wildman–Crippen MR) is 149 cm³/mol. The molecule has 2 N–H and O–H groups in total. The van der Waals surface area contributed by atoms with E-state index >= 15 is 0 Å². The number of fused-ring (bicyclic) bond motifs is 1. The van der Waals surface area contributed by atoms with E-state index < -0.39 is 5.60 Å². The maximum absolute atomic E-state index is 10.3. The zero-order valence-electron chi connectivity index (χ0n) is 21.8. The third kappa shape index (κ3) is 4.85. The number of halogens is 1. The van der Waals surface area contributed by atoms with E-state index in [1.165, 1.54) is 22.9 Å². The lowest BCUT2D eigenvalue weighted by molar-refractivity contribution is 0.00438. The van der Waals surface area contributed by atoms with Crippen LogP contribution in [0.4, 0.5) is 11.6 Å². The molecule has 3 aliphatic rings. The minimum absolute atomic E-state index is 0.170. The quantitative estimate of drug-likeness (QED) is 0.467. The molecule has 3 aromatic heterocycles. The van der Waals surface area contributed by atoms with E-state index in [1.807, 2.05) is 32.3 Å². The molecule has 3 aromatic rings. The number of aliphatic hydroxyl groups is 2. The summed E-state index contributed by atoms with van der Waals surface area (Å²) in [7, 11) is 0. The van der Waals surface area contributed by atoms with Crippen LogP contribution in [0, 0.1) is 11.3 Å². The number of anilines is 2. The van der Waals surface area contributed by atoms with E-state index in [9.17, 15) is 10.2 Å². The largest absolute Gasteiger partial charge is 0.390 e. The Labute approximate surface area is 232 Å². The van der Waals surface area contributed by atoms with Crippen molar-refractivity contribution in [1.29, 1.82) is 0 Å². The molecule has 8 nitrogen and oxygen atoms in total. The molecule has 10 heteroatoms. The highest BCUT2D eigenvalue weighted by Gasteiger charge is 2.41. The number of hydrogen-bond donors (Lipinski definition) is 2. The molecule has 0 amide bonds. The highest BCUT2D eigenvalue weighted by Crippen LogP contribution is 2.45. The molecule has 1 spiro atoms. The molecule has 0 saturated carbocycles. The molecule has 5 heterocycles. The molecule has 2 fully saturated rings. The van der Waals surface area contributed by atoms with Crippen LogP contribution < -0.4 is 9.80 Å². The van der Waals surface area contributed by atoms with Gasteiger partial charge in [-0.2, -0.15) is 0 Å². The summed E-state index contributed by atoms with van der Waals surface area (Å²) in [5.74, 6) is 1.67. The molecule has 0 unspecified atom stereocenters. The van der Waals surface area contributed by atoms with Gasteiger partial charge >= 0.3 is 0 Å². The van der Waals surface area contributed by atoms with Crippen molar-refractivity contribution in [3.8, 4) is 0 Å². The average Bonchev–Trinajstić information content (AvgIpc) is 3.22. The maximum Gasteiger partial charge on any atom is 0.152 e. The Bertz CT molecular complexity index is 1310. The van der Waals surface area contributed by atoms with Crippen LogP contribution in [0.2, 0.25) is 5.02 Å². The van der Waals surface area contributed by atoms with Crippen molar-refractivity contribution >= 4 is 35.0 Å². The molecule has 0 radical (unpaired) electrons. The minimum Gasteiger partial charge on any atom is -0.390 e. The molecule has 6 rings (SSSR count). The number of piperidine rings is 1. The summed E-state index contributed by atoms with van der Waals surface area (Å²) in [6.45, 7) is 6.74. The van der Waals surface area contributed by atoms with Gasteiger partial charge in [0.1, 0.15) is 16.5 Å². The van der Waals surface area contributed by atoms with Gasteiger partial charge in [0.25, 0.3) is 0 Å². The van der Waals surface area contributed by atoms with Gasteiger partial charge in [0, 0.05) is 55.6 Å². The number of rotatable bonds is 6. The van der Waals surface area contributed by atoms with Crippen molar-refractivity contribution in [2.75, 3.05) is 36.0 Å². The third-order valence-corrected chi connectivity index (χ3v) is 9.89. The fraction of sp³-hybridized carbons (Fsp3) is 0.500. The molecule has 0 bridgehead atoms. The standard InChI is InChI=1S/C28H33ClN6O2S/c1-27(2,37)20-15-35(16-20)26-24(29)22(4-8-31-26)38-23-14-32-25(21(17-36)33-23)34-9-5-28(6-10-34)11-18-3-7-30-13-19(18)12-28/h3-4,7-8,13-14,20,36-37H,5-6,9-12,15-17H2,1-2H3. The highest BCUT2D eigenvalue weighted by atomic mass is 35.5. The Balaban J connectivity index is 1.13. The van der Waals surface area contributed by atoms with Crippen molar-refractivity contribution in [1.82, 2.24) is 19.9 Å². The molecule has 2 saturated heterocycles. The Morgan fingerprint density at radius 2 is 1.79 bits per heavy atom. The van der Waals surface area contributed by atoms with Crippen molar-refractivity contribution in [2.45, 2.75) is 61.7 Å². The number of hydrogen-bond acceptors (Lipinski definition) is 9. The van der Waals surface area contributed by atoms with Crippen LogP contribution in [-0.4, -0.2) is 61.9 Å². The van der Waals surface area contributed by atoms with Crippen LogP contribution in [-0.2, 0) is 19.4 Å². The van der Waals surface area contributed by atoms with E-state index in [-0.39, 0.29) is 12.5 Å². The Kier molecular flexibility index (Phi) is 6.74. The normalized spacial score (nSPS) is 19.1. The van der Waals surface area contributed by atoms with E-state index in [1.54, 1.807) is 12.4 Å². The summed E-state index contributed by atoms with van der Waals surface area (Å²) in [6, 6.07) is 4.04. The molecular formula is C28H33ClN6O2S. The number of aliphatic hydroxyl groups excluding tert-OH is 1. The first-order chi connectivity index (χ1) is 18.2. The van der Waals surface area contributed by atoms with Crippen LogP contribution in [0.5, 0.6) is 0 Å². The average molecular weight is 553 g/mol. The van der Waals surface area contributed by atoms with Gasteiger partial charge in [-0.05, 0) is 68.2 Å². The number of pyridine rings is 2. The van der Waals surface area contributed by atoms with Gasteiger partial charge in [0.05, 0.1) is 23.4 Å². The summed E-state index contributed by atoms with van der Waals surface area (Å²) < 4.78 is 0. The van der Waals surface area contributed by atoms with Crippen LogP contribution in [0.1, 0.15) is 43.5 Å². The summed E-state index contributed by atoms with van der Waals surface area (Å²) in [5.41, 5.74) is 3.01. The van der Waals surface area contributed by atoms with Gasteiger partial charge in [-0.15, -0.1) is 0 Å². The topological polar surface area (TPSA) is 98.5 Å². The second-order valence-corrected chi connectivity index (χ2v) is 12.9. The first-order valence-corrected chi connectivity index (χ1v) is 14.4. The molecule has 2 aliphatic heterocycles. The molecule has 38 heavy (non-hydrogen) atoms. The van der Waals surface area contributed by atoms with Crippen LogP contribution in [0.3, 0.4) is 0 Å². The molecule has 200 valence electrons. The van der Waals surface area contributed by atoms with Crippen molar-refractivity contribution in [3.63, 3.8) is 0 Å². The fourth-order valence-electron chi connectivity index (χ4n) is 5.95. The van der Waals surface area contributed by atoms with E-state index in [0.29, 0.717) is 34.2 Å².